The molecule has 26 heavy (non-hydrogen) atoms. The second-order valence-electron chi connectivity index (χ2n) is 6.71. The Balaban J connectivity index is 1.79. The fourth-order valence-corrected chi connectivity index (χ4v) is 4.98. The summed E-state index contributed by atoms with van der Waals surface area (Å²) in [5.74, 6) is 1.88. The van der Waals surface area contributed by atoms with E-state index in [9.17, 15) is 8.42 Å². The molecule has 2 heterocycles. The lowest BCUT2D eigenvalue weighted by Crippen LogP contribution is -2.49. The summed E-state index contributed by atoms with van der Waals surface area (Å²) in [6, 6.07) is 8.00. The summed E-state index contributed by atoms with van der Waals surface area (Å²) in [7, 11) is -1.49. The van der Waals surface area contributed by atoms with E-state index in [1.165, 1.54) is 0 Å². The number of fused-ring (bicyclic) bond motifs is 1. The van der Waals surface area contributed by atoms with Gasteiger partial charge in [-0.2, -0.15) is 4.31 Å². The number of methoxy groups -OCH3 is 1. The number of benzene rings is 1. The molecule has 1 fully saturated rings. The third-order valence-corrected chi connectivity index (χ3v) is 6.88. The van der Waals surface area contributed by atoms with Crippen molar-refractivity contribution in [1.29, 1.82) is 0 Å². The van der Waals surface area contributed by atoms with Crippen molar-refractivity contribution in [3.63, 3.8) is 0 Å². The van der Waals surface area contributed by atoms with Gasteiger partial charge in [0.15, 0.2) is 0 Å². The van der Waals surface area contributed by atoms with Crippen LogP contribution < -0.4 is 9.64 Å². The Kier molecular flexibility index (Phi) is 5.67. The van der Waals surface area contributed by atoms with Gasteiger partial charge >= 0.3 is 0 Å². The number of rotatable bonds is 6. The van der Waals surface area contributed by atoms with Gasteiger partial charge in [-0.15, -0.1) is 0 Å². The normalized spacial score (nSPS) is 16.2. The van der Waals surface area contributed by atoms with Crippen LogP contribution in [0, 0.1) is 6.92 Å². The van der Waals surface area contributed by atoms with E-state index in [4.69, 9.17) is 9.72 Å². The zero-order chi connectivity index (χ0) is 18.7. The van der Waals surface area contributed by atoms with E-state index in [0.717, 1.165) is 34.5 Å². The predicted molar refractivity (Wildman–Crippen MR) is 106 cm³/mol. The molecule has 142 valence electrons. The number of hydrogen-bond donors (Lipinski definition) is 0. The molecule has 0 aliphatic carbocycles. The summed E-state index contributed by atoms with van der Waals surface area (Å²) in [5, 5.41) is 1.08. The molecule has 0 saturated carbocycles. The molecule has 1 aliphatic heterocycles. The fourth-order valence-electron chi connectivity index (χ4n) is 3.35. The van der Waals surface area contributed by atoms with Gasteiger partial charge in [-0.3, -0.25) is 0 Å². The standard InChI is InChI=1S/C19H27N3O3S/c1-4-5-13-26(23,24)22-11-9-21(10-12-22)18-14-15(2)16-7-6-8-17(25-3)19(16)20-18/h6-8,14H,4-5,9-13H2,1-3H3. The van der Waals surface area contributed by atoms with E-state index in [1.54, 1.807) is 11.4 Å². The summed E-state index contributed by atoms with van der Waals surface area (Å²) < 4.78 is 31.8. The van der Waals surface area contributed by atoms with Crippen LogP contribution >= 0.6 is 0 Å². The molecule has 2 aromatic rings. The van der Waals surface area contributed by atoms with Crippen LogP contribution in [0.1, 0.15) is 25.3 Å². The lowest BCUT2D eigenvalue weighted by molar-refractivity contribution is 0.383. The smallest absolute Gasteiger partial charge is 0.214 e. The van der Waals surface area contributed by atoms with Crippen LogP contribution in [0.3, 0.4) is 0 Å². The van der Waals surface area contributed by atoms with Crippen molar-refractivity contribution in [3.8, 4) is 5.75 Å². The largest absolute Gasteiger partial charge is 0.494 e. The van der Waals surface area contributed by atoms with E-state index in [1.807, 2.05) is 25.1 Å². The molecule has 0 N–H and O–H groups in total. The van der Waals surface area contributed by atoms with Gasteiger partial charge in [0.25, 0.3) is 0 Å². The number of nitrogens with zero attached hydrogens (tertiary/aromatic N) is 3. The quantitative estimate of drug-likeness (QED) is 0.775. The van der Waals surface area contributed by atoms with Crippen LogP contribution in [-0.2, 0) is 10.0 Å². The van der Waals surface area contributed by atoms with Crippen LogP contribution in [0.25, 0.3) is 10.9 Å². The summed E-state index contributed by atoms with van der Waals surface area (Å²) in [6.45, 7) is 6.40. The average Bonchev–Trinajstić information content (AvgIpc) is 2.66. The molecule has 1 aromatic carbocycles. The van der Waals surface area contributed by atoms with Crippen molar-refractivity contribution < 1.29 is 13.2 Å². The van der Waals surface area contributed by atoms with Gasteiger partial charge in [-0.25, -0.2) is 13.4 Å². The van der Waals surface area contributed by atoms with Crippen molar-refractivity contribution >= 4 is 26.7 Å². The second kappa shape index (κ2) is 7.80. The Hall–Kier alpha value is -1.86. The highest BCUT2D eigenvalue weighted by atomic mass is 32.2. The topological polar surface area (TPSA) is 62.7 Å². The lowest BCUT2D eigenvalue weighted by Gasteiger charge is -2.35. The first-order valence-electron chi connectivity index (χ1n) is 9.13. The van der Waals surface area contributed by atoms with Gasteiger partial charge in [0.1, 0.15) is 17.1 Å². The zero-order valence-corrected chi connectivity index (χ0v) is 16.6. The van der Waals surface area contributed by atoms with Gasteiger partial charge < -0.3 is 9.64 Å². The number of aryl methyl sites for hydroxylation is 1. The maximum atomic E-state index is 12.4. The van der Waals surface area contributed by atoms with Gasteiger partial charge in [0.2, 0.25) is 10.0 Å². The molecule has 0 atom stereocenters. The minimum atomic E-state index is -3.14. The van der Waals surface area contributed by atoms with Crippen LogP contribution in [0.5, 0.6) is 5.75 Å². The Labute approximate surface area is 155 Å². The molecular formula is C19H27N3O3S. The van der Waals surface area contributed by atoms with Crippen LogP contribution in [-0.4, -0.2) is 56.7 Å². The summed E-state index contributed by atoms with van der Waals surface area (Å²) in [4.78, 5) is 6.96. The molecule has 1 aromatic heterocycles. The van der Waals surface area contributed by atoms with Gasteiger partial charge in [0.05, 0.1) is 12.9 Å². The predicted octanol–water partition coefficient (Wildman–Crippen LogP) is 2.80. The van der Waals surface area contributed by atoms with E-state index in [2.05, 4.69) is 17.9 Å². The highest BCUT2D eigenvalue weighted by Gasteiger charge is 2.27. The first-order chi connectivity index (χ1) is 12.5. The van der Waals surface area contributed by atoms with Crippen molar-refractivity contribution in [3.05, 3.63) is 29.8 Å². The summed E-state index contributed by atoms with van der Waals surface area (Å²) >= 11 is 0. The number of pyridine rings is 1. The van der Waals surface area contributed by atoms with Gasteiger partial charge in [-0.05, 0) is 31.0 Å². The number of ether oxygens (including phenoxy) is 1. The van der Waals surface area contributed by atoms with Crippen molar-refractivity contribution in [2.45, 2.75) is 26.7 Å². The molecule has 0 amide bonds. The third kappa shape index (κ3) is 3.78. The minimum Gasteiger partial charge on any atom is -0.494 e. The molecule has 6 nitrogen and oxygen atoms in total. The van der Waals surface area contributed by atoms with Crippen molar-refractivity contribution in [1.82, 2.24) is 9.29 Å². The monoisotopic (exact) mass is 377 g/mol. The molecule has 1 saturated heterocycles. The van der Waals surface area contributed by atoms with Gasteiger partial charge in [0, 0.05) is 31.6 Å². The molecule has 0 bridgehead atoms. The number of aromatic nitrogens is 1. The summed E-state index contributed by atoms with van der Waals surface area (Å²) in [5.41, 5.74) is 1.99. The highest BCUT2D eigenvalue weighted by Crippen LogP contribution is 2.29. The number of hydrogen-bond acceptors (Lipinski definition) is 5. The molecular weight excluding hydrogens is 350 g/mol. The molecule has 0 unspecified atom stereocenters. The minimum absolute atomic E-state index is 0.244. The van der Waals surface area contributed by atoms with E-state index in [-0.39, 0.29) is 5.75 Å². The number of para-hydroxylation sites is 1. The van der Waals surface area contributed by atoms with Crippen molar-refractivity contribution in [2.75, 3.05) is 43.9 Å². The SMILES string of the molecule is CCCCS(=O)(=O)N1CCN(c2cc(C)c3cccc(OC)c3n2)CC1. The van der Waals surface area contributed by atoms with E-state index >= 15 is 0 Å². The molecule has 3 rings (SSSR count). The van der Waals surface area contributed by atoms with E-state index < -0.39 is 10.0 Å². The second-order valence-corrected chi connectivity index (χ2v) is 8.80. The summed E-state index contributed by atoms with van der Waals surface area (Å²) in [6.07, 6.45) is 1.61. The third-order valence-electron chi connectivity index (χ3n) is 4.93. The van der Waals surface area contributed by atoms with Crippen LogP contribution in [0.15, 0.2) is 24.3 Å². The van der Waals surface area contributed by atoms with Crippen LogP contribution in [0.4, 0.5) is 5.82 Å². The number of unbranched alkanes of at least 4 members (excludes halogenated alkanes) is 1. The maximum absolute atomic E-state index is 12.4. The molecule has 1 aliphatic rings. The Morgan fingerprint density at radius 3 is 2.58 bits per heavy atom. The molecule has 0 spiro atoms. The first-order valence-corrected chi connectivity index (χ1v) is 10.7. The first kappa shape index (κ1) is 18.9. The highest BCUT2D eigenvalue weighted by molar-refractivity contribution is 7.89. The lowest BCUT2D eigenvalue weighted by atomic mass is 10.1. The van der Waals surface area contributed by atoms with Crippen LogP contribution in [0.2, 0.25) is 0 Å². The molecule has 0 radical (unpaired) electrons. The Morgan fingerprint density at radius 2 is 1.92 bits per heavy atom. The Bertz CT molecular complexity index is 875. The van der Waals surface area contributed by atoms with E-state index in [0.29, 0.717) is 32.6 Å². The fraction of sp³-hybridized carbons (Fsp3) is 0.526. The van der Waals surface area contributed by atoms with Crippen molar-refractivity contribution in [2.24, 2.45) is 0 Å². The van der Waals surface area contributed by atoms with Gasteiger partial charge in [-0.1, -0.05) is 25.5 Å². The maximum Gasteiger partial charge on any atom is 0.214 e. The number of sulfonamides is 1. The Morgan fingerprint density at radius 1 is 1.19 bits per heavy atom. The zero-order valence-electron chi connectivity index (χ0n) is 15.7. The number of anilines is 1. The average molecular weight is 378 g/mol. The number of piperazine rings is 1. The molecule has 7 heteroatoms.